The molecule has 2 unspecified atom stereocenters. The second-order valence-corrected chi connectivity index (χ2v) is 8.12. The Morgan fingerprint density at radius 2 is 1.46 bits per heavy atom. The highest BCUT2D eigenvalue weighted by Gasteiger charge is 2.18. The Morgan fingerprint density at radius 3 is 2.00 bits per heavy atom. The van der Waals surface area contributed by atoms with E-state index in [4.69, 9.17) is 0 Å². The molecule has 2 aromatic rings. The van der Waals surface area contributed by atoms with Gasteiger partial charge in [0.2, 0.25) is 0 Å². The molecule has 28 heavy (non-hydrogen) atoms. The van der Waals surface area contributed by atoms with Crippen molar-refractivity contribution >= 4 is 11.0 Å². The predicted octanol–water partition coefficient (Wildman–Crippen LogP) is 5.57. The SMILES string of the molecule is CCCCC(CC)CNC(NCC(CC)CCCC)c1cccc2n[nH]nc12. The molecule has 0 radical (unpaired) electrons. The number of hydrogen-bond acceptors (Lipinski definition) is 4. The van der Waals surface area contributed by atoms with E-state index in [1.165, 1.54) is 56.9 Å². The molecular formula is C23H41N5. The Balaban J connectivity index is 2.10. The van der Waals surface area contributed by atoms with E-state index in [1.807, 2.05) is 6.07 Å². The van der Waals surface area contributed by atoms with Crippen molar-refractivity contribution in [2.45, 2.75) is 85.2 Å². The summed E-state index contributed by atoms with van der Waals surface area (Å²) < 4.78 is 0. The predicted molar refractivity (Wildman–Crippen MR) is 119 cm³/mol. The van der Waals surface area contributed by atoms with Gasteiger partial charge >= 0.3 is 0 Å². The van der Waals surface area contributed by atoms with Gasteiger partial charge in [0.05, 0.1) is 6.17 Å². The van der Waals surface area contributed by atoms with Gasteiger partial charge in [-0.15, -0.1) is 0 Å². The number of fused-ring (bicyclic) bond motifs is 1. The summed E-state index contributed by atoms with van der Waals surface area (Å²) in [5.74, 6) is 1.45. The molecule has 2 rings (SSSR count). The van der Waals surface area contributed by atoms with Gasteiger partial charge in [-0.3, -0.25) is 10.6 Å². The van der Waals surface area contributed by atoms with E-state index in [9.17, 15) is 0 Å². The first-order valence-electron chi connectivity index (χ1n) is 11.5. The average molecular weight is 388 g/mol. The maximum atomic E-state index is 4.42. The van der Waals surface area contributed by atoms with E-state index < -0.39 is 0 Å². The summed E-state index contributed by atoms with van der Waals surface area (Å²) in [4.78, 5) is 0. The third-order valence-corrected chi connectivity index (χ3v) is 6.00. The molecule has 2 atom stereocenters. The zero-order chi connectivity index (χ0) is 20.2. The number of aromatic amines is 1. The maximum absolute atomic E-state index is 4.42. The number of para-hydroxylation sites is 1. The van der Waals surface area contributed by atoms with Crippen LogP contribution in [0.2, 0.25) is 0 Å². The molecule has 1 heterocycles. The summed E-state index contributed by atoms with van der Waals surface area (Å²) in [5, 5.41) is 19.1. The smallest absolute Gasteiger partial charge is 0.119 e. The van der Waals surface area contributed by atoms with Crippen LogP contribution in [0.15, 0.2) is 18.2 Å². The molecule has 0 fully saturated rings. The molecule has 3 N–H and O–H groups in total. The maximum Gasteiger partial charge on any atom is 0.119 e. The van der Waals surface area contributed by atoms with Crippen LogP contribution in [0.1, 0.15) is 90.8 Å². The van der Waals surface area contributed by atoms with Crippen LogP contribution in [-0.4, -0.2) is 28.5 Å². The summed E-state index contributed by atoms with van der Waals surface area (Å²) in [7, 11) is 0. The number of aromatic nitrogens is 3. The van der Waals surface area contributed by atoms with Crippen LogP contribution in [-0.2, 0) is 0 Å². The second kappa shape index (κ2) is 12.9. The standard InChI is InChI=1S/C23H41N5/c1-5-9-12-18(7-3)16-24-23(25-17-19(8-4)13-10-6-2)20-14-11-15-21-22(20)27-28-26-21/h11,14-15,18-19,23-25H,5-10,12-13,16-17H2,1-4H3,(H,26,27,28). The van der Waals surface area contributed by atoms with Crippen molar-refractivity contribution in [1.82, 2.24) is 26.0 Å². The van der Waals surface area contributed by atoms with Gasteiger partial charge in [-0.05, 0) is 43.8 Å². The first-order valence-corrected chi connectivity index (χ1v) is 11.5. The lowest BCUT2D eigenvalue weighted by Crippen LogP contribution is -2.39. The molecule has 0 amide bonds. The van der Waals surface area contributed by atoms with Crippen molar-refractivity contribution in [2.75, 3.05) is 13.1 Å². The van der Waals surface area contributed by atoms with Gasteiger partial charge in [-0.1, -0.05) is 78.4 Å². The highest BCUT2D eigenvalue weighted by atomic mass is 15.3. The molecular weight excluding hydrogens is 346 g/mol. The molecule has 158 valence electrons. The summed E-state index contributed by atoms with van der Waals surface area (Å²) in [5.41, 5.74) is 3.10. The largest absolute Gasteiger partial charge is 0.298 e. The lowest BCUT2D eigenvalue weighted by Gasteiger charge is -2.26. The third kappa shape index (κ3) is 6.85. The van der Waals surface area contributed by atoms with Crippen molar-refractivity contribution in [3.05, 3.63) is 23.8 Å². The Bertz CT molecular complexity index is 633. The van der Waals surface area contributed by atoms with Gasteiger partial charge < -0.3 is 0 Å². The van der Waals surface area contributed by atoms with Crippen molar-refractivity contribution in [2.24, 2.45) is 11.8 Å². The van der Waals surface area contributed by atoms with Gasteiger partial charge in [0, 0.05) is 5.56 Å². The molecule has 1 aromatic carbocycles. The van der Waals surface area contributed by atoms with Crippen LogP contribution in [0.3, 0.4) is 0 Å². The fourth-order valence-corrected chi connectivity index (χ4v) is 3.87. The number of nitrogens with zero attached hydrogens (tertiary/aromatic N) is 2. The van der Waals surface area contributed by atoms with Crippen molar-refractivity contribution in [3.8, 4) is 0 Å². The Hall–Kier alpha value is -1.46. The lowest BCUT2D eigenvalue weighted by molar-refractivity contribution is 0.331. The minimum atomic E-state index is 0.111. The average Bonchev–Trinajstić information content (AvgIpc) is 3.21. The minimum Gasteiger partial charge on any atom is -0.298 e. The van der Waals surface area contributed by atoms with Crippen molar-refractivity contribution in [1.29, 1.82) is 0 Å². The molecule has 0 bridgehead atoms. The first kappa shape index (κ1) is 22.8. The molecule has 0 aliphatic heterocycles. The number of H-pyrrole nitrogens is 1. The van der Waals surface area contributed by atoms with E-state index in [1.54, 1.807) is 0 Å². The molecule has 0 spiro atoms. The number of nitrogens with one attached hydrogen (secondary N) is 3. The molecule has 0 saturated carbocycles. The second-order valence-electron chi connectivity index (χ2n) is 8.12. The zero-order valence-electron chi connectivity index (χ0n) is 18.4. The highest BCUT2D eigenvalue weighted by molar-refractivity contribution is 5.77. The van der Waals surface area contributed by atoms with E-state index >= 15 is 0 Å². The van der Waals surface area contributed by atoms with Crippen LogP contribution < -0.4 is 10.6 Å². The molecule has 1 aromatic heterocycles. The molecule has 0 aliphatic rings. The van der Waals surface area contributed by atoms with Crippen molar-refractivity contribution < 1.29 is 0 Å². The lowest BCUT2D eigenvalue weighted by atomic mass is 9.98. The van der Waals surface area contributed by atoms with Crippen LogP contribution >= 0.6 is 0 Å². The van der Waals surface area contributed by atoms with Crippen LogP contribution in [0.5, 0.6) is 0 Å². The summed E-state index contributed by atoms with van der Waals surface area (Å²) >= 11 is 0. The Labute approximate surface area is 171 Å². The van der Waals surface area contributed by atoms with Gasteiger partial charge in [-0.2, -0.15) is 15.4 Å². The van der Waals surface area contributed by atoms with Crippen LogP contribution in [0.25, 0.3) is 11.0 Å². The van der Waals surface area contributed by atoms with E-state index in [2.05, 4.69) is 65.9 Å². The van der Waals surface area contributed by atoms with E-state index in [0.29, 0.717) is 0 Å². The van der Waals surface area contributed by atoms with Gasteiger partial charge in [-0.25, -0.2) is 0 Å². The van der Waals surface area contributed by atoms with Crippen LogP contribution in [0.4, 0.5) is 0 Å². The number of hydrogen-bond donors (Lipinski definition) is 3. The van der Waals surface area contributed by atoms with Gasteiger partial charge in [0.25, 0.3) is 0 Å². The number of benzene rings is 1. The highest BCUT2D eigenvalue weighted by Crippen LogP contribution is 2.22. The number of rotatable bonds is 15. The number of unbranched alkanes of at least 4 members (excludes halogenated alkanes) is 2. The fourth-order valence-electron chi connectivity index (χ4n) is 3.87. The summed E-state index contributed by atoms with van der Waals surface area (Å²) in [6.07, 6.45) is 10.3. The topological polar surface area (TPSA) is 65.6 Å². The normalized spacial score (nSPS) is 15.0. The van der Waals surface area contributed by atoms with Gasteiger partial charge in [0.1, 0.15) is 11.0 Å². The minimum absolute atomic E-state index is 0.111. The fraction of sp³-hybridized carbons (Fsp3) is 0.739. The quantitative estimate of drug-likeness (QED) is 0.350. The molecule has 0 aliphatic carbocycles. The van der Waals surface area contributed by atoms with E-state index in [0.717, 1.165) is 36.0 Å². The molecule has 0 saturated heterocycles. The third-order valence-electron chi connectivity index (χ3n) is 6.00. The van der Waals surface area contributed by atoms with Crippen molar-refractivity contribution in [3.63, 3.8) is 0 Å². The summed E-state index contributed by atoms with van der Waals surface area (Å²) in [6, 6.07) is 6.28. The first-order chi connectivity index (χ1) is 13.7. The zero-order valence-corrected chi connectivity index (χ0v) is 18.4. The molecule has 5 heteroatoms. The monoisotopic (exact) mass is 387 g/mol. The Morgan fingerprint density at radius 1 is 0.857 bits per heavy atom. The Kier molecular flexibility index (Phi) is 10.5. The van der Waals surface area contributed by atoms with E-state index in [-0.39, 0.29) is 6.17 Å². The van der Waals surface area contributed by atoms with Crippen LogP contribution in [0, 0.1) is 11.8 Å². The molecule has 5 nitrogen and oxygen atoms in total. The summed E-state index contributed by atoms with van der Waals surface area (Å²) in [6.45, 7) is 11.2. The van der Waals surface area contributed by atoms with Gasteiger partial charge in [0.15, 0.2) is 0 Å².